The van der Waals surface area contributed by atoms with Crippen LogP contribution in [0.1, 0.15) is 16.7 Å². The van der Waals surface area contributed by atoms with Gasteiger partial charge in [-0.3, -0.25) is 20.0 Å². The Morgan fingerprint density at radius 3 is 2.37 bits per heavy atom. The fourth-order valence-corrected chi connectivity index (χ4v) is 3.82. The number of benzene rings is 2. The van der Waals surface area contributed by atoms with E-state index in [1.165, 1.54) is 21.8 Å². The van der Waals surface area contributed by atoms with E-state index in [4.69, 9.17) is 0 Å². The number of amidine groups is 1. The van der Waals surface area contributed by atoms with Crippen LogP contribution < -0.4 is 15.3 Å². The van der Waals surface area contributed by atoms with Crippen molar-refractivity contribution in [3.05, 3.63) is 59.2 Å². The Kier molecular flexibility index (Phi) is 5.44. The van der Waals surface area contributed by atoms with Gasteiger partial charge < -0.3 is 9.80 Å². The second-order valence-electron chi connectivity index (χ2n) is 7.84. The van der Waals surface area contributed by atoms with Gasteiger partial charge in [-0.2, -0.15) is 0 Å². The molecule has 2 aliphatic rings. The summed E-state index contributed by atoms with van der Waals surface area (Å²) in [5.41, 5.74) is 8.51. The molecule has 0 aromatic heterocycles. The summed E-state index contributed by atoms with van der Waals surface area (Å²) in [7, 11) is 0. The average molecular weight is 406 g/mol. The number of aliphatic imine (C=N–C) groups is 1. The summed E-state index contributed by atoms with van der Waals surface area (Å²) in [4.78, 5) is 33.7. The third-order valence-electron chi connectivity index (χ3n) is 5.82. The molecule has 0 radical (unpaired) electrons. The quantitative estimate of drug-likeness (QED) is 0.850. The number of piperazine rings is 1. The second kappa shape index (κ2) is 8.18. The second-order valence-corrected chi connectivity index (χ2v) is 7.84. The van der Waals surface area contributed by atoms with Crippen LogP contribution in [0.15, 0.2) is 47.5 Å². The van der Waals surface area contributed by atoms with Gasteiger partial charge in [0.1, 0.15) is 6.54 Å². The zero-order chi connectivity index (χ0) is 21.3. The van der Waals surface area contributed by atoms with E-state index in [2.05, 4.69) is 47.4 Å². The van der Waals surface area contributed by atoms with Crippen LogP contribution in [0.3, 0.4) is 0 Å². The topological polar surface area (TPSA) is 68.2 Å². The Labute approximate surface area is 177 Å². The highest BCUT2D eigenvalue weighted by Gasteiger charge is 2.30. The Morgan fingerprint density at radius 2 is 1.67 bits per heavy atom. The summed E-state index contributed by atoms with van der Waals surface area (Å²) in [5, 5.41) is 1.41. The number of rotatable bonds is 3. The summed E-state index contributed by atoms with van der Waals surface area (Å²) < 4.78 is 0. The molecule has 2 aliphatic heterocycles. The van der Waals surface area contributed by atoms with Crippen LogP contribution in [0.5, 0.6) is 0 Å². The predicted octanol–water partition coefficient (Wildman–Crippen LogP) is 2.21. The highest BCUT2D eigenvalue weighted by atomic mass is 16.2. The van der Waals surface area contributed by atoms with Crippen molar-refractivity contribution in [2.24, 2.45) is 4.99 Å². The Hall–Kier alpha value is -3.35. The lowest BCUT2D eigenvalue weighted by Gasteiger charge is -2.38. The summed E-state index contributed by atoms with van der Waals surface area (Å²) >= 11 is 0. The molecule has 1 saturated heterocycles. The Bertz CT molecular complexity index is 991. The zero-order valence-corrected chi connectivity index (χ0v) is 17.7. The van der Waals surface area contributed by atoms with Crippen molar-refractivity contribution >= 4 is 29.0 Å². The number of nitrogens with one attached hydrogen (secondary N) is 1. The molecule has 0 spiro atoms. The first-order chi connectivity index (χ1) is 14.4. The molecule has 0 aliphatic carbocycles. The minimum Gasteiger partial charge on any atom is -0.368 e. The van der Waals surface area contributed by atoms with Gasteiger partial charge in [-0.25, -0.2) is 5.01 Å². The van der Waals surface area contributed by atoms with E-state index in [-0.39, 0.29) is 24.2 Å². The third kappa shape index (κ3) is 3.87. The van der Waals surface area contributed by atoms with Crippen molar-refractivity contribution in [1.82, 2.24) is 10.3 Å². The maximum absolute atomic E-state index is 13.0. The average Bonchev–Trinajstić information content (AvgIpc) is 2.76. The van der Waals surface area contributed by atoms with E-state index in [1.807, 2.05) is 31.2 Å². The number of carbonyl (C=O) groups excluding carboxylic acids is 2. The van der Waals surface area contributed by atoms with Crippen molar-refractivity contribution in [2.45, 2.75) is 20.8 Å². The van der Waals surface area contributed by atoms with Crippen molar-refractivity contribution in [3.63, 3.8) is 0 Å². The van der Waals surface area contributed by atoms with E-state index in [1.54, 1.807) is 4.90 Å². The molecule has 4 rings (SSSR count). The molecule has 0 unspecified atom stereocenters. The van der Waals surface area contributed by atoms with E-state index in [0.29, 0.717) is 18.8 Å². The lowest BCUT2D eigenvalue weighted by atomic mass is 10.1. The van der Waals surface area contributed by atoms with Gasteiger partial charge in [-0.05, 0) is 50.1 Å². The van der Waals surface area contributed by atoms with Crippen molar-refractivity contribution in [2.75, 3.05) is 42.6 Å². The minimum absolute atomic E-state index is 0.0373. The fraction of sp³-hybridized carbons (Fsp3) is 0.348. The number of anilines is 2. The van der Waals surface area contributed by atoms with Gasteiger partial charge in [0.2, 0.25) is 5.84 Å². The van der Waals surface area contributed by atoms with Crippen LogP contribution in [0, 0.1) is 20.8 Å². The van der Waals surface area contributed by atoms with Crippen LogP contribution in [0.2, 0.25) is 0 Å². The van der Waals surface area contributed by atoms with Gasteiger partial charge >= 0.3 is 0 Å². The number of aryl methyl sites for hydroxylation is 2. The van der Waals surface area contributed by atoms with Gasteiger partial charge in [0.25, 0.3) is 11.8 Å². The molecule has 0 saturated carbocycles. The maximum atomic E-state index is 13.0. The number of nitrogens with zero attached hydrogens (tertiary/aromatic N) is 4. The summed E-state index contributed by atoms with van der Waals surface area (Å²) in [6.45, 7) is 8.98. The molecule has 1 N–H and O–H groups in total. The number of amides is 2. The SMILES string of the molecule is Cc1ccc(N2NC(C(=O)N3CCN(c4cccc(C)c4C)CC3)=NCC2=O)cc1. The zero-order valence-electron chi connectivity index (χ0n) is 17.7. The number of hydrogen-bond donors (Lipinski definition) is 1. The molecule has 156 valence electrons. The Morgan fingerprint density at radius 1 is 0.967 bits per heavy atom. The molecular formula is C23H27N5O2. The summed E-state index contributed by atoms with van der Waals surface area (Å²) in [5.74, 6) is -0.134. The lowest BCUT2D eigenvalue weighted by molar-refractivity contribution is -0.124. The normalized spacial score (nSPS) is 17.0. The molecule has 7 heteroatoms. The van der Waals surface area contributed by atoms with Crippen LogP contribution >= 0.6 is 0 Å². The predicted molar refractivity (Wildman–Crippen MR) is 119 cm³/mol. The molecule has 2 amide bonds. The molecule has 30 heavy (non-hydrogen) atoms. The molecule has 2 aromatic rings. The number of hydrogen-bond acceptors (Lipinski definition) is 5. The monoisotopic (exact) mass is 405 g/mol. The summed E-state index contributed by atoms with van der Waals surface area (Å²) in [6.07, 6.45) is 0. The molecular weight excluding hydrogens is 378 g/mol. The van der Waals surface area contributed by atoms with E-state index < -0.39 is 0 Å². The first-order valence-corrected chi connectivity index (χ1v) is 10.2. The Balaban J connectivity index is 1.42. The van der Waals surface area contributed by atoms with E-state index >= 15 is 0 Å². The van der Waals surface area contributed by atoms with Crippen molar-refractivity contribution < 1.29 is 9.59 Å². The number of carbonyl (C=O) groups is 2. The maximum Gasteiger partial charge on any atom is 0.290 e. The smallest absolute Gasteiger partial charge is 0.290 e. The van der Waals surface area contributed by atoms with Gasteiger partial charge in [0, 0.05) is 31.9 Å². The van der Waals surface area contributed by atoms with Crippen LogP contribution in [0.25, 0.3) is 0 Å². The van der Waals surface area contributed by atoms with Gasteiger partial charge in [0.15, 0.2) is 0 Å². The van der Waals surface area contributed by atoms with Gasteiger partial charge in [-0.15, -0.1) is 0 Å². The molecule has 0 atom stereocenters. The van der Waals surface area contributed by atoms with E-state index in [0.717, 1.165) is 18.7 Å². The highest BCUT2D eigenvalue weighted by Crippen LogP contribution is 2.24. The van der Waals surface area contributed by atoms with Crippen LogP contribution in [-0.2, 0) is 9.59 Å². The molecule has 0 bridgehead atoms. The molecule has 1 fully saturated rings. The fourth-order valence-electron chi connectivity index (χ4n) is 3.82. The van der Waals surface area contributed by atoms with Gasteiger partial charge in [0.05, 0.1) is 5.69 Å². The largest absolute Gasteiger partial charge is 0.368 e. The van der Waals surface area contributed by atoms with Crippen molar-refractivity contribution in [3.8, 4) is 0 Å². The highest BCUT2D eigenvalue weighted by molar-refractivity contribution is 6.39. The van der Waals surface area contributed by atoms with E-state index in [9.17, 15) is 9.59 Å². The summed E-state index contributed by atoms with van der Waals surface area (Å²) in [6, 6.07) is 13.9. The number of hydrazine groups is 1. The standard InChI is InChI=1S/C23H27N5O2/c1-16-7-9-19(10-8-16)28-21(29)15-24-22(25-28)23(30)27-13-11-26(12-14-27)20-6-4-5-17(2)18(20)3/h4-10H,11-15H2,1-3H3,(H,24,25). The first kappa shape index (κ1) is 19.9. The molecule has 2 heterocycles. The molecule has 2 aromatic carbocycles. The van der Waals surface area contributed by atoms with Crippen LogP contribution in [-0.4, -0.2) is 55.3 Å². The minimum atomic E-state index is -0.185. The molecule has 7 nitrogen and oxygen atoms in total. The van der Waals surface area contributed by atoms with Crippen LogP contribution in [0.4, 0.5) is 11.4 Å². The van der Waals surface area contributed by atoms with Crippen molar-refractivity contribution in [1.29, 1.82) is 0 Å². The van der Waals surface area contributed by atoms with Gasteiger partial charge in [-0.1, -0.05) is 29.8 Å². The third-order valence-corrected chi connectivity index (χ3v) is 5.82. The first-order valence-electron chi connectivity index (χ1n) is 10.2. The lowest BCUT2D eigenvalue weighted by Crippen LogP contribution is -2.58.